The molecule has 0 radical (unpaired) electrons. The van der Waals surface area contributed by atoms with Crippen molar-refractivity contribution < 1.29 is 27.5 Å². The second-order valence-electron chi connectivity index (χ2n) is 7.70. The standard InChI is InChI=1S/C20H24F3NO3/c1-10-8-11(2)14(12(3)9-10)15-16(25)20(24-19(15)26)6-4-13(5-7-20)27-18(23)17(21)22/h8-9,13,15,17-18H,4-7H2,1-3H3,(H,24,26). The number of Topliss-reactive ketones (excluding diaryl/α,β-unsaturated/α-hetero) is 1. The van der Waals surface area contributed by atoms with Crippen LogP contribution in [0.15, 0.2) is 12.1 Å². The van der Waals surface area contributed by atoms with Crippen molar-refractivity contribution in [1.82, 2.24) is 5.32 Å². The van der Waals surface area contributed by atoms with E-state index in [1.807, 2.05) is 32.9 Å². The Morgan fingerprint density at radius 3 is 2.15 bits per heavy atom. The molecule has 7 heteroatoms. The highest BCUT2D eigenvalue weighted by Gasteiger charge is 2.54. The molecule has 148 valence electrons. The third-order valence-electron chi connectivity index (χ3n) is 5.69. The zero-order valence-corrected chi connectivity index (χ0v) is 15.7. The molecular formula is C20H24F3NO3. The Balaban J connectivity index is 1.78. The molecule has 2 aliphatic rings. The Labute approximate surface area is 156 Å². The number of hydrogen-bond acceptors (Lipinski definition) is 3. The summed E-state index contributed by atoms with van der Waals surface area (Å²) in [6.07, 6.45) is -5.47. The Kier molecular flexibility index (Phi) is 5.34. The van der Waals surface area contributed by atoms with E-state index in [0.29, 0.717) is 0 Å². The first kappa shape index (κ1) is 19.9. The first-order valence-electron chi connectivity index (χ1n) is 9.16. The van der Waals surface area contributed by atoms with Crippen LogP contribution >= 0.6 is 0 Å². The molecule has 1 spiro atoms. The van der Waals surface area contributed by atoms with Crippen molar-refractivity contribution in [3.05, 3.63) is 34.4 Å². The molecule has 3 rings (SSSR count). The number of amides is 1. The quantitative estimate of drug-likeness (QED) is 0.808. The smallest absolute Gasteiger partial charge is 0.293 e. The lowest BCUT2D eigenvalue weighted by Gasteiger charge is -2.36. The first-order chi connectivity index (χ1) is 12.6. The predicted octanol–water partition coefficient (Wildman–Crippen LogP) is 3.65. The van der Waals surface area contributed by atoms with Crippen molar-refractivity contribution in [2.24, 2.45) is 0 Å². The van der Waals surface area contributed by atoms with Gasteiger partial charge in [-0.05, 0) is 63.1 Å². The number of carbonyl (C=O) groups is 2. The average Bonchev–Trinajstić information content (AvgIpc) is 2.80. The van der Waals surface area contributed by atoms with Crippen molar-refractivity contribution >= 4 is 11.7 Å². The number of alkyl halides is 3. The van der Waals surface area contributed by atoms with Crippen LogP contribution in [-0.4, -0.2) is 36.1 Å². The van der Waals surface area contributed by atoms with Gasteiger partial charge in [-0.1, -0.05) is 17.7 Å². The van der Waals surface area contributed by atoms with Gasteiger partial charge in [-0.2, -0.15) is 0 Å². The fourth-order valence-electron chi connectivity index (χ4n) is 4.51. The molecule has 1 saturated carbocycles. The molecule has 0 aromatic heterocycles. The lowest BCUT2D eigenvalue weighted by Crippen LogP contribution is -2.50. The number of halogens is 3. The number of aryl methyl sites for hydroxylation is 3. The van der Waals surface area contributed by atoms with Crippen molar-refractivity contribution in [1.29, 1.82) is 0 Å². The third-order valence-corrected chi connectivity index (χ3v) is 5.69. The first-order valence-corrected chi connectivity index (χ1v) is 9.16. The summed E-state index contributed by atoms with van der Waals surface area (Å²) in [4.78, 5) is 25.9. The largest absolute Gasteiger partial charge is 0.343 e. The fraction of sp³-hybridized carbons (Fsp3) is 0.600. The van der Waals surface area contributed by atoms with E-state index < -0.39 is 30.3 Å². The summed E-state index contributed by atoms with van der Waals surface area (Å²) < 4.78 is 42.5. The average molecular weight is 383 g/mol. The number of rotatable bonds is 4. The maximum Gasteiger partial charge on any atom is 0.293 e. The zero-order valence-electron chi connectivity index (χ0n) is 15.7. The van der Waals surface area contributed by atoms with Gasteiger partial charge >= 0.3 is 0 Å². The van der Waals surface area contributed by atoms with E-state index in [0.717, 1.165) is 22.3 Å². The molecule has 1 heterocycles. The van der Waals surface area contributed by atoms with E-state index in [4.69, 9.17) is 4.74 Å². The second kappa shape index (κ2) is 7.26. The number of carbonyl (C=O) groups excluding carboxylic acids is 2. The number of benzene rings is 1. The lowest BCUT2D eigenvalue weighted by molar-refractivity contribution is -0.167. The Bertz CT molecular complexity index is 734. The molecule has 2 fully saturated rings. The molecule has 2 unspecified atom stereocenters. The van der Waals surface area contributed by atoms with Crippen LogP contribution in [0.3, 0.4) is 0 Å². The van der Waals surface area contributed by atoms with Gasteiger partial charge in [0.05, 0.1) is 11.6 Å². The third kappa shape index (κ3) is 3.61. The SMILES string of the molecule is Cc1cc(C)c(C2C(=O)NC3(CCC(OC(F)C(F)F)CC3)C2=O)c(C)c1. The molecule has 4 nitrogen and oxygen atoms in total. The van der Waals surface area contributed by atoms with Gasteiger partial charge in [0.1, 0.15) is 5.92 Å². The summed E-state index contributed by atoms with van der Waals surface area (Å²) in [6, 6.07) is 3.90. The van der Waals surface area contributed by atoms with Crippen LogP contribution in [0.2, 0.25) is 0 Å². The molecule has 27 heavy (non-hydrogen) atoms. The van der Waals surface area contributed by atoms with Crippen molar-refractivity contribution in [3.8, 4) is 0 Å². The summed E-state index contributed by atoms with van der Waals surface area (Å²) in [5.41, 5.74) is 2.58. The molecular weight excluding hydrogens is 359 g/mol. The van der Waals surface area contributed by atoms with E-state index in [2.05, 4.69) is 5.32 Å². The maximum absolute atomic E-state index is 13.2. The van der Waals surface area contributed by atoms with Crippen LogP contribution in [0, 0.1) is 20.8 Å². The van der Waals surface area contributed by atoms with Gasteiger partial charge in [0.25, 0.3) is 12.8 Å². The molecule has 1 aliphatic carbocycles. The summed E-state index contributed by atoms with van der Waals surface area (Å²) in [7, 11) is 0. The van der Waals surface area contributed by atoms with E-state index in [1.165, 1.54) is 0 Å². The summed E-state index contributed by atoms with van der Waals surface area (Å²) in [6.45, 7) is 5.73. The van der Waals surface area contributed by atoms with Crippen molar-refractivity contribution in [2.45, 2.75) is 76.8 Å². The molecule has 1 saturated heterocycles. The maximum atomic E-state index is 13.2. The highest BCUT2D eigenvalue weighted by molar-refractivity contribution is 6.17. The van der Waals surface area contributed by atoms with E-state index >= 15 is 0 Å². The Morgan fingerprint density at radius 2 is 1.63 bits per heavy atom. The normalized spacial score (nSPS) is 29.4. The molecule has 1 aromatic rings. The van der Waals surface area contributed by atoms with Crippen LogP contribution < -0.4 is 5.32 Å². The van der Waals surface area contributed by atoms with Crippen LogP contribution in [0.25, 0.3) is 0 Å². The highest BCUT2D eigenvalue weighted by Crippen LogP contribution is 2.41. The summed E-state index contributed by atoms with van der Waals surface area (Å²) in [5.74, 6) is -1.38. The van der Waals surface area contributed by atoms with Crippen LogP contribution in [0.4, 0.5) is 13.2 Å². The molecule has 1 amide bonds. The van der Waals surface area contributed by atoms with Crippen molar-refractivity contribution in [3.63, 3.8) is 0 Å². The summed E-state index contributed by atoms with van der Waals surface area (Å²) >= 11 is 0. The van der Waals surface area contributed by atoms with Gasteiger partial charge in [0.2, 0.25) is 5.91 Å². The van der Waals surface area contributed by atoms with Gasteiger partial charge in [-0.15, -0.1) is 0 Å². The number of ether oxygens (including phenoxy) is 1. The van der Waals surface area contributed by atoms with Crippen LogP contribution in [0.1, 0.15) is 53.9 Å². The molecule has 1 aliphatic heterocycles. The number of hydrogen-bond donors (Lipinski definition) is 1. The fourth-order valence-corrected chi connectivity index (χ4v) is 4.51. The minimum Gasteiger partial charge on any atom is -0.343 e. The van der Waals surface area contributed by atoms with E-state index in [1.54, 1.807) is 0 Å². The molecule has 1 N–H and O–H groups in total. The lowest BCUT2D eigenvalue weighted by atomic mass is 9.75. The van der Waals surface area contributed by atoms with E-state index in [-0.39, 0.29) is 37.4 Å². The minimum atomic E-state index is -3.19. The molecule has 2 atom stereocenters. The highest BCUT2D eigenvalue weighted by atomic mass is 19.3. The zero-order chi connectivity index (χ0) is 19.9. The summed E-state index contributed by atoms with van der Waals surface area (Å²) in [5, 5.41) is 2.85. The van der Waals surface area contributed by atoms with Crippen LogP contribution in [-0.2, 0) is 14.3 Å². The minimum absolute atomic E-state index is 0.188. The van der Waals surface area contributed by atoms with Crippen LogP contribution in [0.5, 0.6) is 0 Å². The van der Waals surface area contributed by atoms with Crippen molar-refractivity contribution in [2.75, 3.05) is 0 Å². The number of ketones is 1. The van der Waals surface area contributed by atoms with Gasteiger partial charge in [0, 0.05) is 0 Å². The van der Waals surface area contributed by atoms with Gasteiger partial charge in [0.15, 0.2) is 5.78 Å². The van der Waals surface area contributed by atoms with Gasteiger partial charge < -0.3 is 10.1 Å². The Morgan fingerprint density at radius 1 is 1.07 bits per heavy atom. The van der Waals surface area contributed by atoms with E-state index in [9.17, 15) is 22.8 Å². The monoisotopic (exact) mass is 383 g/mol. The molecule has 1 aromatic carbocycles. The van der Waals surface area contributed by atoms with Gasteiger partial charge in [-0.3, -0.25) is 9.59 Å². The second-order valence-corrected chi connectivity index (χ2v) is 7.70. The Hall–Kier alpha value is -1.89. The topological polar surface area (TPSA) is 55.4 Å². The number of nitrogens with one attached hydrogen (secondary N) is 1. The molecule has 0 bridgehead atoms. The van der Waals surface area contributed by atoms with Gasteiger partial charge in [-0.25, -0.2) is 13.2 Å². The predicted molar refractivity (Wildman–Crippen MR) is 93.5 cm³/mol.